The molecule has 1 aromatic carbocycles. The molecule has 0 aliphatic rings. The average Bonchev–Trinajstić information content (AvgIpc) is 3.29. The molecule has 0 saturated carbocycles. The van der Waals surface area contributed by atoms with E-state index in [0.717, 1.165) is 33.6 Å². The highest BCUT2D eigenvalue weighted by Crippen LogP contribution is 2.25. The maximum Gasteiger partial charge on any atom is 0.191 e. The lowest BCUT2D eigenvalue weighted by molar-refractivity contribution is 0.287. The molecule has 4 rings (SSSR count). The van der Waals surface area contributed by atoms with Crippen LogP contribution in [0.1, 0.15) is 17.1 Å². The Kier molecular flexibility index (Phi) is 5.87. The van der Waals surface area contributed by atoms with Gasteiger partial charge in [0.1, 0.15) is 18.0 Å². The molecule has 4 aromatic rings. The van der Waals surface area contributed by atoms with Crippen molar-refractivity contribution in [2.45, 2.75) is 31.0 Å². The number of pyridine rings is 1. The van der Waals surface area contributed by atoms with Crippen LogP contribution in [0.3, 0.4) is 0 Å². The third-order valence-corrected chi connectivity index (χ3v) is 5.60. The van der Waals surface area contributed by atoms with Gasteiger partial charge in [0.15, 0.2) is 11.0 Å². The zero-order chi connectivity index (χ0) is 20.2. The van der Waals surface area contributed by atoms with Crippen molar-refractivity contribution in [1.29, 1.82) is 0 Å². The number of aryl methyl sites for hydroxylation is 1. The maximum absolute atomic E-state index is 6.01. The number of halogens is 1. The highest BCUT2D eigenvalue weighted by atomic mass is 35.5. The number of ether oxygens (including phenoxy) is 1. The zero-order valence-corrected chi connectivity index (χ0v) is 17.5. The molecule has 0 amide bonds. The minimum Gasteiger partial charge on any atom is -0.485 e. The molecule has 6 nitrogen and oxygen atoms in total. The molecule has 0 radical (unpaired) electrons. The number of fused-ring (bicyclic) bond motifs is 1. The predicted octanol–water partition coefficient (Wildman–Crippen LogP) is 4.94. The summed E-state index contributed by atoms with van der Waals surface area (Å²) in [5.41, 5.74) is 2.90. The van der Waals surface area contributed by atoms with Crippen molar-refractivity contribution in [3.8, 4) is 5.75 Å². The van der Waals surface area contributed by atoms with Crippen LogP contribution in [-0.4, -0.2) is 24.1 Å². The van der Waals surface area contributed by atoms with E-state index in [4.69, 9.17) is 16.3 Å². The van der Waals surface area contributed by atoms with Gasteiger partial charge in [-0.15, -0.1) is 16.8 Å². The second kappa shape index (κ2) is 8.71. The first-order chi connectivity index (χ1) is 14.1. The smallest absolute Gasteiger partial charge is 0.191 e. The molecule has 0 bridgehead atoms. The van der Waals surface area contributed by atoms with Gasteiger partial charge < -0.3 is 9.14 Å². The monoisotopic (exact) mass is 425 g/mol. The number of imidazole rings is 1. The lowest BCUT2D eigenvalue weighted by atomic mass is 10.2. The third-order valence-electron chi connectivity index (χ3n) is 4.36. The zero-order valence-electron chi connectivity index (χ0n) is 16.0. The van der Waals surface area contributed by atoms with Crippen LogP contribution in [0.15, 0.2) is 66.6 Å². The maximum atomic E-state index is 6.01. The molecule has 0 aliphatic carbocycles. The first-order valence-electron chi connectivity index (χ1n) is 9.11. The quantitative estimate of drug-likeness (QED) is 0.295. The summed E-state index contributed by atoms with van der Waals surface area (Å²) in [4.78, 5) is 4.63. The van der Waals surface area contributed by atoms with E-state index < -0.39 is 0 Å². The van der Waals surface area contributed by atoms with Crippen molar-refractivity contribution >= 4 is 29.0 Å². The lowest BCUT2D eigenvalue weighted by Gasteiger charge is -2.10. The summed E-state index contributed by atoms with van der Waals surface area (Å²) in [5.74, 6) is 2.23. The van der Waals surface area contributed by atoms with Crippen molar-refractivity contribution in [3.63, 3.8) is 0 Å². The van der Waals surface area contributed by atoms with Crippen LogP contribution in [0, 0.1) is 6.92 Å². The van der Waals surface area contributed by atoms with E-state index in [9.17, 15) is 0 Å². The van der Waals surface area contributed by atoms with Crippen LogP contribution < -0.4 is 4.74 Å². The lowest BCUT2D eigenvalue weighted by Crippen LogP contribution is -2.08. The van der Waals surface area contributed by atoms with E-state index in [-0.39, 0.29) is 0 Å². The van der Waals surface area contributed by atoms with Gasteiger partial charge in [-0.05, 0) is 42.8 Å². The van der Waals surface area contributed by atoms with Crippen LogP contribution in [0.25, 0.3) is 5.65 Å². The van der Waals surface area contributed by atoms with Crippen molar-refractivity contribution in [3.05, 3.63) is 83.6 Å². The van der Waals surface area contributed by atoms with E-state index in [0.29, 0.717) is 23.9 Å². The standard InChI is InChI=1S/C21H20ClN5OS/c1-3-9-27-20(13-28-18-8-7-16(22)11-15(18)2)24-25-21(27)29-14-17-12-26-10-5-4-6-19(26)23-17/h3-8,10-12H,1,9,13-14H2,2H3. The molecular weight excluding hydrogens is 406 g/mol. The molecule has 148 valence electrons. The number of hydrogen-bond acceptors (Lipinski definition) is 5. The molecule has 0 aliphatic heterocycles. The van der Waals surface area contributed by atoms with E-state index in [1.165, 1.54) is 0 Å². The Hall–Kier alpha value is -2.77. The third kappa shape index (κ3) is 4.46. The molecule has 0 atom stereocenters. The Balaban J connectivity index is 1.47. The number of nitrogens with zero attached hydrogens (tertiary/aromatic N) is 5. The summed E-state index contributed by atoms with van der Waals surface area (Å²) < 4.78 is 9.96. The van der Waals surface area contributed by atoms with Crippen molar-refractivity contribution in [2.24, 2.45) is 0 Å². The Bertz CT molecular complexity index is 1120. The van der Waals surface area contributed by atoms with Gasteiger partial charge in [0.05, 0.1) is 5.69 Å². The van der Waals surface area contributed by atoms with Gasteiger partial charge in [-0.2, -0.15) is 0 Å². The number of hydrogen-bond donors (Lipinski definition) is 0. The minimum absolute atomic E-state index is 0.318. The highest BCUT2D eigenvalue weighted by molar-refractivity contribution is 7.98. The number of benzene rings is 1. The van der Waals surface area contributed by atoms with Crippen LogP contribution in [-0.2, 0) is 18.9 Å². The molecular formula is C21H20ClN5OS. The topological polar surface area (TPSA) is 57.2 Å². The SMILES string of the molecule is C=CCn1c(COc2ccc(Cl)cc2C)nnc1SCc1cn2ccccc2n1. The van der Waals surface area contributed by atoms with Gasteiger partial charge in [0.2, 0.25) is 0 Å². The highest BCUT2D eigenvalue weighted by Gasteiger charge is 2.14. The fourth-order valence-corrected chi connectivity index (χ4v) is 4.03. The summed E-state index contributed by atoms with van der Waals surface area (Å²) in [6.07, 6.45) is 5.85. The minimum atomic E-state index is 0.318. The fourth-order valence-electron chi connectivity index (χ4n) is 2.96. The van der Waals surface area contributed by atoms with Crippen LogP contribution in [0.4, 0.5) is 0 Å². The van der Waals surface area contributed by atoms with Gasteiger partial charge in [-0.1, -0.05) is 35.5 Å². The molecule has 0 N–H and O–H groups in total. The number of allylic oxidation sites excluding steroid dienone is 1. The van der Waals surface area contributed by atoms with Crippen LogP contribution >= 0.6 is 23.4 Å². The summed E-state index contributed by atoms with van der Waals surface area (Å²) in [7, 11) is 0. The molecule has 0 spiro atoms. The normalized spacial score (nSPS) is 11.1. The Labute approximate surface area is 178 Å². The van der Waals surface area contributed by atoms with Crippen LogP contribution in [0.2, 0.25) is 5.02 Å². The summed E-state index contributed by atoms with van der Waals surface area (Å²) in [5, 5.41) is 10.2. The molecule has 0 saturated heterocycles. The van der Waals surface area contributed by atoms with Crippen molar-refractivity contribution < 1.29 is 4.74 Å². The van der Waals surface area contributed by atoms with Gasteiger partial charge in [-0.3, -0.25) is 4.57 Å². The van der Waals surface area contributed by atoms with Crippen molar-refractivity contribution in [1.82, 2.24) is 24.1 Å². The average molecular weight is 426 g/mol. The second-order valence-corrected chi connectivity index (χ2v) is 7.86. The Morgan fingerprint density at radius 3 is 2.93 bits per heavy atom. The predicted molar refractivity (Wildman–Crippen MR) is 115 cm³/mol. The Morgan fingerprint density at radius 1 is 1.24 bits per heavy atom. The first kappa shape index (κ1) is 19.5. The van der Waals surface area contributed by atoms with Gasteiger partial charge in [0, 0.05) is 29.7 Å². The fraction of sp³-hybridized carbons (Fsp3) is 0.190. The molecule has 8 heteroatoms. The van der Waals surface area contributed by atoms with E-state index in [1.54, 1.807) is 11.8 Å². The van der Waals surface area contributed by atoms with E-state index in [1.807, 2.05) is 70.8 Å². The molecule has 0 fully saturated rings. The number of thioether (sulfide) groups is 1. The number of rotatable bonds is 8. The van der Waals surface area contributed by atoms with E-state index >= 15 is 0 Å². The Morgan fingerprint density at radius 2 is 2.14 bits per heavy atom. The van der Waals surface area contributed by atoms with Crippen molar-refractivity contribution in [2.75, 3.05) is 0 Å². The van der Waals surface area contributed by atoms with Gasteiger partial charge >= 0.3 is 0 Å². The second-order valence-electron chi connectivity index (χ2n) is 6.48. The number of aromatic nitrogens is 5. The molecule has 0 unspecified atom stereocenters. The molecule has 29 heavy (non-hydrogen) atoms. The van der Waals surface area contributed by atoms with Gasteiger partial charge in [0.25, 0.3) is 0 Å². The summed E-state index contributed by atoms with van der Waals surface area (Å²) >= 11 is 7.61. The van der Waals surface area contributed by atoms with Gasteiger partial charge in [-0.25, -0.2) is 4.98 Å². The molecule has 3 aromatic heterocycles. The summed E-state index contributed by atoms with van der Waals surface area (Å²) in [6.45, 7) is 6.74. The summed E-state index contributed by atoms with van der Waals surface area (Å²) in [6, 6.07) is 11.5. The molecule has 3 heterocycles. The first-order valence-corrected chi connectivity index (χ1v) is 10.5. The van der Waals surface area contributed by atoms with Crippen LogP contribution in [0.5, 0.6) is 5.75 Å². The van der Waals surface area contributed by atoms with E-state index in [2.05, 4.69) is 21.8 Å². The largest absolute Gasteiger partial charge is 0.485 e.